The monoisotopic (exact) mass is 340 g/mol. The molecule has 1 heterocycles. The lowest BCUT2D eigenvalue weighted by Crippen LogP contribution is -2.07. The molecule has 2 aliphatic carbocycles. The maximum Gasteiger partial charge on any atom is 0.338 e. The van der Waals surface area contributed by atoms with E-state index in [-0.39, 0.29) is 11.5 Å². The van der Waals surface area contributed by atoms with Crippen molar-refractivity contribution in [2.75, 3.05) is 7.11 Å². The number of carbonyl (C=O) groups excluding carboxylic acids is 2. The summed E-state index contributed by atoms with van der Waals surface area (Å²) in [6, 6.07) is 1.60. The van der Waals surface area contributed by atoms with Gasteiger partial charge in [-0.05, 0) is 37.0 Å². The zero-order chi connectivity index (χ0) is 16.8. The highest BCUT2D eigenvalue weighted by molar-refractivity contribution is 8.03. The second-order valence-electron chi connectivity index (χ2n) is 6.01. The molecule has 4 nitrogen and oxygen atoms in total. The van der Waals surface area contributed by atoms with Gasteiger partial charge in [0.25, 0.3) is 0 Å². The van der Waals surface area contributed by atoms with Crippen LogP contribution in [0.25, 0.3) is 5.57 Å². The second-order valence-corrected chi connectivity index (χ2v) is 7.06. The van der Waals surface area contributed by atoms with Crippen LogP contribution < -0.4 is 0 Å². The third kappa shape index (κ3) is 2.23. The average Bonchev–Trinajstić information content (AvgIpc) is 2.90. The fraction of sp³-hybridized carbons (Fsp3) is 0.263. The Balaban J connectivity index is 2.03. The maximum atomic E-state index is 12.4. The summed E-state index contributed by atoms with van der Waals surface area (Å²) in [7, 11) is 1.34. The lowest BCUT2D eigenvalue weighted by molar-refractivity contribution is -0.133. The zero-order valence-electron chi connectivity index (χ0n) is 13.2. The Labute approximate surface area is 143 Å². The molecule has 0 unspecified atom stereocenters. The van der Waals surface area contributed by atoms with Crippen molar-refractivity contribution in [2.45, 2.75) is 30.6 Å². The van der Waals surface area contributed by atoms with E-state index >= 15 is 0 Å². The molecule has 0 saturated carbocycles. The van der Waals surface area contributed by atoms with E-state index in [1.54, 1.807) is 12.1 Å². The van der Waals surface area contributed by atoms with Crippen LogP contribution in [0.4, 0.5) is 0 Å². The molecular formula is C19H16O4S. The van der Waals surface area contributed by atoms with Crippen molar-refractivity contribution in [1.29, 1.82) is 0 Å². The maximum absolute atomic E-state index is 12.4. The molecule has 0 amide bonds. The number of esters is 1. The van der Waals surface area contributed by atoms with Crippen LogP contribution in [0.2, 0.25) is 0 Å². The van der Waals surface area contributed by atoms with Gasteiger partial charge in [-0.1, -0.05) is 23.9 Å². The standard InChI is InChI=1S/C19H16O4S/c1-23-19(22)13-8-10-4-2-3-5-16(10)24-18-12(13)9-15(21)11-6-7-14(20)17(11)18/h4-5,8-9,21H,2-3,6-7H2,1H3. The molecule has 5 heteroatoms. The predicted octanol–water partition coefficient (Wildman–Crippen LogP) is 3.79. The first-order chi connectivity index (χ1) is 11.6. The number of hydrogen-bond acceptors (Lipinski definition) is 5. The van der Waals surface area contributed by atoms with Gasteiger partial charge in [-0.15, -0.1) is 0 Å². The zero-order valence-corrected chi connectivity index (χ0v) is 14.0. The Morgan fingerprint density at radius 3 is 2.83 bits per heavy atom. The van der Waals surface area contributed by atoms with Crippen LogP contribution in [0, 0.1) is 0 Å². The molecular weight excluding hydrogens is 324 g/mol. The first kappa shape index (κ1) is 15.3. The molecule has 1 aromatic carbocycles. The number of ether oxygens (including phenoxy) is 1. The van der Waals surface area contributed by atoms with Crippen molar-refractivity contribution in [1.82, 2.24) is 0 Å². The van der Waals surface area contributed by atoms with E-state index in [4.69, 9.17) is 4.74 Å². The smallest absolute Gasteiger partial charge is 0.338 e. The van der Waals surface area contributed by atoms with E-state index in [9.17, 15) is 14.7 Å². The average molecular weight is 340 g/mol. The Hall–Kier alpha value is -2.27. The van der Waals surface area contributed by atoms with Crippen LogP contribution >= 0.6 is 11.8 Å². The lowest BCUT2D eigenvalue weighted by Gasteiger charge is -2.15. The molecule has 0 spiro atoms. The van der Waals surface area contributed by atoms with E-state index in [2.05, 4.69) is 12.2 Å². The summed E-state index contributed by atoms with van der Waals surface area (Å²) in [6.45, 7) is 0. The number of thioether (sulfide) groups is 1. The van der Waals surface area contributed by atoms with E-state index in [1.807, 2.05) is 0 Å². The lowest BCUT2D eigenvalue weighted by atomic mass is 9.96. The molecule has 1 aromatic rings. The highest BCUT2D eigenvalue weighted by Gasteiger charge is 2.33. The van der Waals surface area contributed by atoms with Crippen LogP contribution in [-0.4, -0.2) is 24.0 Å². The van der Waals surface area contributed by atoms with E-state index in [0.717, 1.165) is 28.2 Å². The number of benzene rings is 1. The normalized spacial score (nSPS) is 18.5. The molecule has 0 bridgehead atoms. The number of carbonyl (C=O) groups is 2. The molecule has 0 fully saturated rings. The fourth-order valence-electron chi connectivity index (χ4n) is 3.43. The SMILES string of the molecule is COC(=O)C1=CC2=CCCC=C2Sc2c1cc(O)c1c2C(=O)CC1. The van der Waals surface area contributed by atoms with Gasteiger partial charge in [0.05, 0.1) is 12.7 Å². The number of methoxy groups -OCH3 is 1. The number of rotatable bonds is 1. The van der Waals surface area contributed by atoms with Crippen LogP contribution in [0.5, 0.6) is 5.75 Å². The van der Waals surface area contributed by atoms with E-state index in [1.165, 1.54) is 18.9 Å². The number of hydrogen-bond donors (Lipinski definition) is 1. The molecule has 24 heavy (non-hydrogen) atoms. The van der Waals surface area contributed by atoms with Crippen molar-refractivity contribution in [3.63, 3.8) is 0 Å². The molecule has 4 rings (SSSR count). The minimum atomic E-state index is -0.464. The summed E-state index contributed by atoms with van der Waals surface area (Å²) in [5.41, 5.74) is 3.20. The van der Waals surface area contributed by atoms with E-state index in [0.29, 0.717) is 35.1 Å². The topological polar surface area (TPSA) is 63.6 Å². The molecule has 0 aromatic heterocycles. The first-order valence-electron chi connectivity index (χ1n) is 7.91. The third-order valence-electron chi connectivity index (χ3n) is 4.60. The molecule has 1 N–H and O–H groups in total. The van der Waals surface area contributed by atoms with Gasteiger partial charge in [0, 0.05) is 32.9 Å². The number of Topliss-reactive ketones (excluding diaryl/α,β-unsaturated/α-hetero) is 1. The minimum Gasteiger partial charge on any atom is -0.508 e. The van der Waals surface area contributed by atoms with Crippen molar-refractivity contribution in [2.24, 2.45) is 0 Å². The Bertz CT molecular complexity index is 874. The number of allylic oxidation sites excluding steroid dienone is 4. The van der Waals surface area contributed by atoms with Crippen LogP contribution in [0.3, 0.4) is 0 Å². The van der Waals surface area contributed by atoms with Gasteiger partial charge in [0.1, 0.15) is 5.75 Å². The predicted molar refractivity (Wildman–Crippen MR) is 92.0 cm³/mol. The number of phenols is 1. The summed E-state index contributed by atoms with van der Waals surface area (Å²) in [4.78, 5) is 26.6. The van der Waals surface area contributed by atoms with Gasteiger partial charge in [-0.3, -0.25) is 4.79 Å². The molecule has 0 atom stereocenters. The molecule has 1 aliphatic heterocycles. The number of fused-ring (bicyclic) bond motifs is 4. The van der Waals surface area contributed by atoms with Gasteiger partial charge < -0.3 is 9.84 Å². The number of phenolic OH excluding ortho intramolecular Hbond substituents is 1. The van der Waals surface area contributed by atoms with Gasteiger partial charge >= 0.3 is 5.97 Å². The molecule has 122 valence electrons. The fourth-order valence-corrected chi connectivity index (χ4v) is 4.73. The summed E-state index contributed by atoms with van der Waals surface area (Å²) < 4.78 is 4.94. The highest BCUT2D eigenvalue weighted by atomic mass is 32.2. The van der Waals surface area contributed by atoms with Gasteiger partial charge in [0.15, 0.2) is 5.78 Å². The van der Waals surface area contributed by atoms with Crippen LogP contribution in [-0.2, 0) is 16.0 Å². The minimum absolute atomic E-state index is 0.0257. The Morgan fingerprint density at radius 2 is 2.04 bits per heavy atom. The third-order valence-corrected chi connectivity index (χ3v) is 5.85. The first-order valence-corrected chi connectivity index (χ1v) is 8.72. The van der Waals surface area contributed by atoms with Crippen LogP contribution in [0.1, 0.15) is 40.7 Å². The highest BCUT2D eigenvalue weighted by Crippen LogP contribution is 2.49. The van der Waals surface area contributed by atoms with Crippen molar-refractivity contribution in [3.8, 4) is 5.75 Å². The van der Waals surface area contributed by atoms with Crippen molar-refractivity contribution >= 4 is 29.1 Å². The summed E-state index contributed by atoms with van der Waals surface area (Å²) in [6.07, 6.45) is 8.85. The van der Waals surface area contributed by atoms with Gasteiger partial charge in [0.2, 0.25) is 0 Å². The Morgan fingerprint density at radius 1 is 1.25 bits per heavy atom. The van der Waals surface area contributed by atoms with Crippen molar-refractivity contribution < 1.29 is 19.4 Å². The molecule has 0 radical (unpaired) electrons. The molecule has 3 aliphatic rings. The van der Waals surface area contributed by atoms with Crippen molar-refractivity contribution in [3.05, 3.63) is 51.5 Å². The largest absolute Gasteiger partial charge is 0.508 e. The van der Waals surface area contributed by atoms with E-state index < -0.39 is 5.97 Å². The number of aromatic hydroxyl groups is 1. The number of ketones is 1. The second kappa shape index (κ2) is 5.67. The van der Waals surface area contributed by atoms with Gasteiger partial charge in [-0.2, -0.15) is 0 Å². The van der Waals surface area contributed by atoms with Crippen LogP contribution in [0.15, 0.2) is 39.7 Å². The quantitative estimate of drug-likeness (QED) is 0.788. The summed E-state index contributed by atoms with van der Waals surface area (Å²) >= 11 is 1.51. The molecule has 0 saturated heterocycles. The van der Waals surface area contributed by atoms with Gasteiger partial charge in [-0.25, -0.2) is 4.79 Å². The Kier molecular flexibility index (Phi) is 3.61. The summed E-state index contributed by atoms with van der Waals surface area (Å²) in [5, 5.41) is 10.4. The summed E-state index contributed by atoms with van der Waals surface area (Å²) in [5.74, 6) is -0.357.